The van der Waals surface area contributed by atoms with Crippen molar-refractivity contribution in [2.45, 2.75) is 18.2 Å². The first-order chi connectivity index (χ1) is 18.0. The monoisotopic (exact) mass is 573 g/mol. The van der Waals surface area contributed by atoms with Crippen molar-refractivity contribution >= 4 is 67.1 Å². The number of methoxy groups -OCH3 is 1. The van der Waals surface area contributed by atoms with Crippen molar-refractivity contribution < 1.29 is 27.6 Å². The molecule has 0 aliphatic carbocycles. The molecule has 0 aliphatic heterocycles. The van der Waals surface area contributed by atoms with Gasteiger partial charge in [-0.25, -0.2) is 0 Å². The minimum atomic E-state index is -4.57. The van der Waals surface area contributed by atoms with E-state index in [4.69, 9.17) is 27.9 Å². The number of halogens is 2. The summed E-state index contributed by atoms with van der Waals surface area (Å²) in [6.45, 7) is 1.79. The van der Waals surface area contributed by atoms with Gasteiger partial charge in [0.15, 0.2) is 5.75 Å². The maximum absolute atomic E-state index is 13.3. The molecule has 12 heteroatoms. The predicted molar refractivity (Wildman–Crippen MR) is 146 cm³/mol. The highest BCUT2D eigenvalue weighted by Gasteiger charge is 2.21. The van der Waals surface area contributed by atoms with Crippen LogP contribution in [0.25, 0.3) is 10.8 Å². The van der Waals surface area contributed by atoms with E-state index in [1.54, 1.807) is 49.4 Å². The number of phenols is 1. The number of hydrogen-bond donors (Lipinski definition) is 3. The van der Waals surface area contributed by atoms with Crippen LogP contribution in [0.4, 0.5) is 17.1 Å². The number of carbonyl (C=O) groups is 1. The molecular formula is C26H21Cl2N3O6S. The van der Waals surface area contributed by atoms with Gasteiger partial charge >= 0.3 is 0 Å². The van der Waals surface area contributed by atoms with Gasteiger partial charge in [-0.15, -0.1) is 5.11 Å². The zero-order valence-corrected chi connectivity index (χ0v) is 22.4. The number of benzene rings is 4. The van der Waals surface area contributed by atoms with Gasteiger partial charge in [0.25, 0.3) is 16.0 Å². The summed E-state index contributed by atoms with van der Waals surface area (Å²) in [4.78, 5) is 12.8. The van der Waals surface area contributed by atoms with Crippen molar-refractivity contribution in [3.05, 3.63) is 81.8 Å². The quantitative estimate of drug-likeness (QED) is 0.156. The van der Waals surface area contributed by atoms with Crippen LogP contribution in [0.2, 0.25) is 10.0 Å². The number of para-hydroxylation sites is 1. The second-order valence-electron chi connectivity index (χ2n) is 8.05. The molecule has 4 rings (SSSR count). The average molecular weight is 574 g/mol. The molecule has 0 unspecified atom stereocenters. The molecule has 1 amide bonds. The minimum absolute atomic E-state index is 0.0326. The summed E-state index contributed by atoms with van der Waals surface area (Å²) < 4.78 is 38.2. The van der Waals surface area contributed by atoms with Crippen LogP contribution in [0, 0.1) is 0 Å². The Kier molecular flexibility index (Phi) is 7.89. The first-order valence-electron chi connectivity index (χ1n) is 11.1. The normalized spacial score (nSPS) is 11.7. The van der Waals surface area contributed by atoms with Crippen LogP contribution in [0.1, 0.15) is 22.8 Å². The van der Waals surface area contributed by atoms with Crippen molar-refractivity contribution in [1.29, 1.82) is 0 Å². The molecule has 3 N–H and O–H groups in total. The highest BCUT2D eigenvalue weighted by Crippen LogP contribution is 2.41. The van der Waals surface area contributed by atoms with E-state index in [-0.39, 0.29) is 32.7 Å². The fourth-order valence-electron chi connectivity index (χ4n) is 3.86. The summed E-state index contributed by atoms with van der Waals surface area (Å²) in [5.74, 6) is -0.818. The van der Waals surface area contributed by atoms with Crippen LogP contribution in [0.5, 0.6) is 11.5 Å². The standard InChI is InChI=1S/C26H21Cl2N3O6S/c1-3-16-20(28)12-15(38(34,35)36)13-21(16)30-31-23-17-8-5-4-7-14(17)11-18(25(23)32)26(33)29-24-19(27)9-6-10-22(24)37-2/h4-13,32H,3H2,1-2H3,(H,29,33)(H,34,35,36). The number of carbonyl (C=O) groups excluding carboxylic acids is 1. The van der Waals surface area contributed by atoms with Crippen LogP contribution in [0.15, 0.2) is 75.8 Å². The van der Waals surface area contributed by atoms with Gasteiger partial charge in [0.1, 0.15) is 17.1 Å². The fraction of sp³-hybridized carbons (Fsp3) is 0.115. The van der Waals surface area contributed by atoms with Gasteiger partial charge < -0.3 is 15.2 Å². The third-order valence-electron chi connectivity index (χ3n) is 5.73. The second kappa shape index (κ2) is 11.0. The first-order valence-corrected chi connectivity index (χ1v) is 13.3. The maximum Gasteiger partial charge on any atom is 0.294 e. The van der Waals surface area contributed by atoms with Gasteiger partial charge in [0.05, 0.1) is 28.3 Å². The lowest BCUT2D eigenvalue weighted by atomic mass is 10.0. The van der Waals surface area contributed by atoms with E-state index in [2.05, 4.69) is 15.5 Å². The number of ether oxygens (including phenoxy) is 1. The molecule has 0 heterocycles. The molecule has 4 aromatic carbocycles. The van der Waals surface area contributed by atoms with Crippen LogP contribution in [0.3, 0.4) is 0 Å². The summed E-state index contributed by atoms with van der Waals surface area (Å²) in [5.41, 5.74) is 0.634. The van der Waals surface area contributed by atoms with Gasteiger partial charge in [-0.1, -0.05) is 60.5 Å². The Morgan fingerprint density at radius 3 is 2.45 bits per heavy atom. The van der Waals surface area contributed by atoms with Crippen LogP contribution < -0.4 is 10.1 Å². The maximum atomic E-state index is 13.3. The summed E-state index contributed by atoms with van der Waals surface area (Å²) >= 11 is 12.5. The Morgan fingerprint density at radius 2 is 1.76 bits per heavy atom. The SMILES string of the molecule is CCc1c(Cl)cc(S(=O)(=O)O)cc1N=Nc1c(O)c(C(=O)Nc2c(Cl)cccc2OC)cc2ccccc12. The molecule has 0 spiro atoms. The average Bonchev–Trinajstić information content (AvgIpc) is 2.88. The molecule has 0 radical (unpaired) electrons. The molecule has 4 aromatic rings. The summed E-state index contributed by atoms with van der Waals surface area (Å²) in [6, 6.07) is 15.5. The number of aromatic hydroxyl groups is 1. The molecule has 196 valence electrons. The number of hydrogen-bond acceptors (Lipinski definition) is 7. The molecule has 0 aromatic heterocycles. The van der Waals surface area contributed by atoms with Crippen molar-refractivity contribution in [3.63, 3.8) is 0 Å². The Bertz CT molecular complexity index is 1710. The Hall–Kier alpha value is -3.70. The zero-order valence-electron chi connectivity index (χ0n) is 20.1. The molecule has 0 aliphatic rings. The van der Waals surface area contributed by atoms with Gasteiger partial charge in [0.2, 0.25) is 0 Å². The van der Waals surface area contributed by atoms with E-state index in [1.807, 2.05) is 0 Å². The van der Waals surface area contributed by atoms with Gasteiger partial charge in [-0.3, -0.25) is 9.35 Å². The van der Waals surface area contributed by atoms with E-state index < -0.39 is 26.7 Å². The topological polar surface area (TPSA) is 138 Å². The summed E-state index contributed by atoms with van der Waals surface area (Å²) in [5, 5.41) is 23.5. The van der Waals surface area contributed by atoms with Gasteiger partial charge in [-0.2, -0.15) is 13.5 Å². The number of anilines is 1. The Labute approximate surface area is 228 Å². The van der Waals surface area contributed by atoms with Crippen LogP contribution in [-0.2, 0) is 16.5 Å². The third kappa shape index (κ3) is 5.44. The van der Waals surface area contributed by atoms with Crippen molar-refractivity contribution in [1.82, 2.24) is 0 Å². The fourth-order valence-corrected chi connectivity index (χ4v) is 5.01. The molecule has 9 nitrogen and oxygen atoms in total. The van der Waals surface area contributed by atoms with E-state index >= 15 is 0 Å². The number of nitrogens with one attached hydrogen (secondary N) is 1. The van der Waals surface area contributed by atoms with Crippen LogP contribution in [-0.4, -0.2) is 31.1 Å². The smallest absolute Gasteiger partial charge is 0.294 e. The van der Waals surface area contributed by atoms with E-state index in [0.29, 0.717) is 28.5 Å². The molecule has 0 atom stereocenters. The van der Waals surface area contributed by atoms with Crippen molar-refractivity contribution in [2.24, 2.45) is 10.2 Å². The lowest BCUT2D eigenvalue weighted by molar-refractivity contribution is 0.102. The van der Waals surface area contributed by atoms with Gasteiger partial charge in [0, 0.05) is 10.4 Å². The highest BCUT2D eigenvalue weighted by atomic mass is 35.5. The summed E-state index contributed by atoms with van der Waals surface area (Å²) in [7, 11) is -3.13. The lowest BCUT2D eigenvalue weighted by Gasteiger charge is -2.14. The molecule has 38 heavy (non-hydrogen) atoms. The Balaban J connectivity index is 1.85. The lowest BCUT2D eigenvalue weighted by Crippen LogP contribution is -2.13. The minimum Gasteiger partial charge on any atom is -0.505 e. The van der Waals surface area contributed by atoms with Gasteiger partial charge in [-0.05, 0) is 47.7 Å². The molecule has 0 fully saturated rings. The number of fused-ring (bicyclic) bond motifs is 1. The van der Waals surface area contributed by atoms with E-state index in [9.17, 15) is 22.9 Å². The van der Waals surface area contributed by atoms with E-state index in [0.717, 1.165) is 12.1 Å². The highest BCUT2D eigenvalue weighted by molar-refractivity contribution is 7.85. The van der Waals surface area contributed by atoms with Crippen molar-refractivity contribution in [3.8, 4) is 11.5 Å². The summed E-state index contributed by atoms with van der Waals surface area (Å²) in [6.07, 6.45) is 0.383. The predicted octanol–water partition coefficient (Wildman–Crippen LogP) is 7.34. The third-order valence-corrected chi connectivity index (χ3v) is 7.21. The number of nitrogens with zero attached hydrogens (tertiary/aromatic N) is 2. The number of rotatable bonds is 7. The van der Waals surface area contributed by atoms with Crippen molar-refractivity contribution in [2.75, 3.05) is 12.4 Å². The number of amides is 1. The Morgan fingerprint density at radius 1 is 1.03 bits per heavy atom. The largest absolute Gasteiger partial charge is 0.505 e. The number of phenolic OH excluding ortho intramolecular Hbond substituents is 1. The second-order valence-corrected chi connectivity index (χ2v) is 10.3. The zero-order chi connectivity index (χ0) is 27.6. The molecule has 0 saturated carbocycles. The molecule has 0 bridgehead atoms. The molecule has 0 saturated heterocycles. The number of azo groups is 1. The van der Waals surface area contributed by atoms with E-state index in [1.165, 1.54) is 13.2 Å². The van der Waals surface area contributed by atoms with Crippen LogP contribution >= 0.6 is 23.2 Å². The molecular weight excluding hydrogens is 553 g/mol. The first kappa shape index (κ1) is 27.3.